The molecule has 0 bridgehead atoms. The first-order valence-electron chi connectivity index (χ1n) is 7.76. The molecule has 0 saturated heterocycles. The van der Waals surface area contributed by atoms with Crippen LogP contribution < -0.4 is 5.32 Å². The van der Waals surface area contributed by atoms with Gasteiger partial charge < -0.3 is 5.32 Å². The van der Waals surface area contributed by atoms with E-state index in [9.17, 15) is 4.79 Å². The molecule has 5 nitrogen and oxygen atoms in total. The van der Waals surface area contributed by atoms with Crippen molar-refractivity contribution >= 4 is 33.3 Å². The lowest BCUT2D eigenvalue weighted by Crippen LogP contribution is -2.14. The Kier molecular flexibility index (Phi) is 3.95. The molecule has 4 aromatic rings. The molecule has 1 amide bonds. The molecule has 0 radical (unpaired) electrons. The van der Waals surface area contributed by atoms with Crippen LogP contribution in [0, 0.1) is 6.92 Å². The molecule has 0 fully saturated rings. The number of carbonyl (C=O) groups is 1. The zero-order chi connectivity index (χ0) is 17.2. The molecule has 3 heterocycles. The minimum Gasteiger partial charge on any atom is -0.320 e. The number of anilines is 1. The van der Waals surface area contributed by atoms with Crippen molar-refractivity contribution in [2.24, 2.45) is 0 Å². The van der Waals surface area contributed by atoms with Crippen molar-refractivity contribution in [2.75, 3.05) is 5.32 Å². The van der Waals surface area contributed by atoms with Gasteiger partial charge in [-0.25, -0.2) is 9.97 Å². The van der Waals surface area contributed by atoms with E-state index >= 15 is 0 Å². The number of nitrogens with one attached hydrogen (secondary N) is 1. The van der Waals surface area contributed by atoms with E-state index in [0.29, 0.717) is 5.69 Å². The van der Waals surface area contributed by atoms with Gasteiger partial charge in [0.15, 0.2) is 0 Å². The van der Waals surface area contributed by atoms with Crippen LogP contribution in [0.2, 0.25) is 0 Å². The molecule has 3 aromatic heterocycles. The van der Waals surface area contributed by atoms with E-state index in [1.54, 1.807) is 41.9 Å². The first-order valence-corrected chi connectivity index (χ1v) is 8.57. The van der Waals surface area contributed by atoms with Gasteiger partial charge in [-0.3, -0.25) is 9.78 Å². The maximum Gasteiger partial charge on any atom is 0.274 e. The van der Waals surface area contributed by atoms with Gasteiger partial charge in [-0.05, 0) is 55.0 Å². The van der Waals surface area contributed by atoms with Crippen LogP contribution in [0.5, 0.6) is 0 Å². The summed E-state index contributed by atoms with van der Waals surface area (Å²) in [6.45, 7) is 1.96. The number of thiazole rings is 1. The van der Waals surface area contributed by atoms with Crippen LogP contribution in [0.4, 0.5) is 5.69 Å². The van der Waals surface area contributed by atoms with Crippen LogP contribution in [0.15, 0.2) is 60.9 Å². The number of hydrogen-bond acceptors (Lipinski definition) is 5. The van der Waals surface area contributed by atoms with Gasteiger partial charge in [0, 0.05) is 23.6 Å². The molecule has 0 aliphatic rings. The van der Waals surface area contributed by atoms with Gasteiger partial charge >= 0.3 is 0 Å². The van der Waals surface area contributed by atoms with Crippen molar-refractivity contribution in [1.29, 1.82) is 0 Å². The Morgan fingerprint density at radius 2 is 1.92 bits per heavy atom. The molecule has 1 aromatic carbocycles. The Balaban J connectivity index is 1.61. The summed E-state index contributed by atoms with van der Waals surface area (Å²) < 4.78 is 0. The highest BCUT2D eigenvalue weighted by molar-refractivity contribution is 7.21. The lowest BCUT2D eigenvalue weighted by molar-refractivity contribution is 0.102. The summed E-state index contributed by atoms with van der Waals surface area (Å²) in [5.41, 5.74) is 4.03. The van der Waals surface area contributed by atoms with Crippen LogP contribution in [0.1, 0.15) is 16.1 Å². The van der Waals surface area contributed by atoms with Crippen molar-refractivity contribution in [3.8, 4) is 10.6 Å². The second kappa shape index (κ2) is 6.41. The van der Waals surface area contributed by atoms with E-state index in [1.807, 2.05) is 37.3 Å². The molecule has 0 spiro atoms. The monoisotopic (exact) mass is 346 g/mol. The van der Waals surface area contributed by atoms with E-state index in [0.717, 1.165) is 32.2 Å². The Bertz CT molecular complexity index is 1030. The van der Waals surface area contributed by atoms with Gasteiger partial charge in [0.2, 0.25) is 0 Å². The van der Waals surface area contributed by atoms with E-state index in [1.165, 1.54) is 0 Å². The molecule has 122 valence electrons. The summed E-state index contributed by atoms with van der Waals surface area (Å²) in [5, 5.41) is 3.82. The Hall–Kier alpha value is -3.12. The highest BCUT2D eigenvalue weighted by atomic mass is 32.1. The van der Waals surface area contributed by atoms with Crippen LogP contribution in [0.25, 0.3) is 20.9 Å². The largest absolute Gasteiger partial charge is 0.320 e. The van der Waals surface area contributed by atoms with Gasteiger partial charge in [-0.1, -0.05) is 17.4 Å². The Labute approximate surface area is 148 Å². The Morgan fingerprint density at radius 3 is 2.68 bits per heavy atom. The molecule has 0 aliphatic heterocycles. The molecule has 6 heteroatoms. The van der Waals surface area contributed by atoms with E-state index in [-0.39, 0.29) is 5.91 Å². The number of benzene rings is 1. The maximum absolute atomic E-state index is 12.2. The topological polar surface area (TPSA) is 67.8 Å². The zero-order valence-electron chi connectivity index (χ0n) is 13.4. The fourth-order valence-electron chi connectivity index (χ4n) is 2.51. The minimum absolute atomic E-state index is 0.222. The van der Waals surface area contributed by atoms with Crippen LogP contribution in [0.3, 0.4) is 0 Å². The van der Waals surface area contributed by atoms with Gasteiger partial charge in [0.05, 0.1) is 0 Å². The van der Waals surface area contributed by atoms with Crippen molar-refractivity contribution in [3.63, 3.8) is 0 Å². The maximum atomic E-state index is 12.2. The fourth-order valence-corrected chi connectivity index (χ4v) is 3.42. The van der Waals surface area contributed by atoms with Gasteiger partial charge in [-0.15, -0.1) is 0 Å². The summed E-state index contributed by atoms with van der Waals surface area (Å²) in [5.74, 6) is -0.222. The molecule has 0 saturated carbocycles. The third-order valence-electron chi connectivity index (χ3n) is 3.79. The molecule has 1 N–H and O–H groups in total. The molecular formula is C19H14N4OS. The lowest BCUT2D eigenvalue weighted by atomic mass is 10.1. The third kappa shape index (κ3) is 3.12. The van der Waals surface area contributed by atoms with Crippen molar-refractivity contribution in [2.45, 2.75) is 6.92 Å². The number of aryl methyl sites for hydroxylation is 1. The smallest absolute Gasteiger partial charge is 0.274 e. The van der Waals surface area contributed by atoms with Crippen LogP contribution in [-0.4, -0.2) is 20.9 Å². The second-order valence-corrected chi connectivity index (χ2v) is 6.52. The number of amides is 1. The average molecular weight is 346 g/mol. The van der Waals surface area contributed by atoms with Crippen molar-refractivity contribution < 1.29 is 4.79 Å². The third-order valence-corrected chi connectivity index (χ3v) is 4.81. The highest BCUT2D eigenvalue weighted by Crippen LogP contribution is 2.31. The molecular weight excluding hydrogens is 332 g/mol. The number of aromatic nitrogens is 3. The standard InChI is InChI=1S/C19H14N4OS/c1-12-11-13(18-23-16-6-4-10-21-19(16)25-18)7-8-14(12)22-17(24)15-5-2-3-9-20-15/h2-11H,1H3,(H,22,24). The molecule has 0 unspecified atom stereocenters. The average Bonchev–Trinajstić information content (AvgIpc) is 3.08. The first-order chi connectivity index (χ1) is 12.2. The molecule has 0 atom stereocenters. The number of pyridine rings is 2. The summed E-state index contributed by atoms with van der Waals surface area (Å²) in [6, 6.07) is 15.0. The first kappa shape index (κ1) is 15.4. The van der Waals surface area contributed by atoms with E-state index in [2.05, 4.69) is 20.3 Å². The fraction of sp³-hybridized carbons (Fsp3) is 0.0526. The van der Waals surface area contributed by atoms with Crippen molar-refractivity contribution in [1.82, 2.24) is 15.0 Å². The van der Waals surface area contributed by atoms with Gasteiger partial charge in [-0.2, -0.15) is 0 Å². The van der Waals surface area contributed by atoms with E-state index in [4.69, 9.17) is 0 Å². The zero-order valence-corrected chi connectivity index (χ0v) is 14.2. The summed E-state index contributed by atoms with van der Waals surface area (Å²) in [4.78, 5) is 26.2. The second-order valence-electron chi connectivity index (χ2n) is 5.55. The number of carbonyl (C=O) groups excluding carboxylic acids is 1. The quantitative estimate of drug-likeness (QED) is 0.600. The summed E-state index contributed by atoms with van der Waals surface area (Å²) >= 11 is 1.56. The van der Waals surface area contributed by atoms with Crippen molar-refractivity contribution in [3.05, 3.63) is 72.2 Å². The Morgan fingerprint density at radius 1 is 1.04 bits per heavy atom. The van der Waals surface area contributed by atoms with Crippen LogP contribution in [-0.2, 0) is 0 Å². The predicted octanol–water partition coefficient (Wildman–Crippen LogP) is 4.31. The summed E-state index contributed by atoms with van der Waals surface area (Å²) in [6.07, 6.45) is 3.37. The number of rotatable bonds is 3. The highest BCUT2D eigenvalue weighted by Gasteiger charge is 2.11. The lowest BCUT2D eigenvalue weighted by Gasteiger charge is -2.09. The van der Waals surface area contributed by atoms with Gasteiger partial charge in [0.25, 0.3) is 5.91 Å². The number of hydrogen-bond donors (Lipinski definition) is 1. The molecule has 4 rings (SSSR count). The van der Waals surface area contributed by atoms with E-state index < -0.39 is 0 Å². The SMILES string of the molecule is Cc1cc(-c2nc3cccnc3s2)ccc1NC(=O)c1ccccn1. The van der Waals surface area contributed by atoms with Gasteiger partial charge in [0.1, 0.15) is 21.0 Å². The predicted molar refractivity (Wildman–Crippen MR) is 99.8 cm³/mol. The van der Waals surface area contributed by atoms with Crippen LogP contribution >= 0.6 is 11.3 Å². The number of nitrogens with zero attached hydrogens (tertiary/aromatic N) is 3. The molecule has 0 aliphatic carbocycles. The molecule has 25 heavy (non-hydrogen) atoms. The minimum atomic E-state index is -0.222. The summed E-state index contributed by atoms with van der Waals surface area (Å²) in [7, 11) is 0. The number of fused-ring (bicyclic) bond motifs is 1. The normalized spacial score (nSPS) is 10.8.